The second-order valence-corrected chi connectivity index (χ2v) is 5.36. The van der Waals surface area contributed by atoms with E-state index in [0.29, 0.717) is 17.6 Å². The third kappa shape index (κ3) is 5.56. The predicted molar refractivity (Wildman–Crippen MR) is 84.2 cm³/mol. The molecule has 1 aromatic rings. The summed E-state index contributed by atoms with van der Waals surface area (Å²) in [6, 6.07) is 5.64. The van der Waals surface area contributed by atoms with Gasteiger partial charge in [0.15, 0.2) is 5.17 Å². The molecule has 0 aromatic heterocycles. The topological polar surface area (TPSA) is 24.8 Å². The van der Waals surface area contributed by atoms with E-state index in [1.807, 2.05) is 44.1 Å². The van der Waals surface area contributed by atoms with Gasteiger partial charge in [-0.25, -0.2) is 4.99 Å². The summed E-state index contributed by atoms with van der Waals surface area (Å²) in [5, 5.41) is 1.58. The molecule has 0 radical (unpaired) electrons. The number of benzene rings is 1. The molecule has 1 aromatic carbocycles. The highest BCUT2D eigenvalue weighted by Gasteiger charge is 2.05. The van der Waals surface area contributed by atoms with Gasteiger partial charge in [-0.3, -0.25) is 0 Å². The Morgan fingerprint density at radius 3 is 2.84 bits per heavy atom. The summed E-state index contributed by atoms with van der Waals surface area (Å²) in [4.78, 5) is 6.55. The lowest BCUT2D eigenvalue weighted by Crippen LogP contribution is -2.19. The van der Waals surface area contributed by atoms with Crippen molar-refractivity contribution in [1.82, 2.24) is 4.90 Å². The van der Waals surface area contributed by atoms with Crippen LogP contribution in [0, 0.1) is 19.3 Å². The molecule has 0 atom stereocenters. The largest absolute Gasteiger partial charge is 0.358 e. The summed E-state index contributed by atoms with van der Waals surface area (Å²) in [5.74, 6) is 2.91. The normalized spacial score (nSPS) is 11.2. The number of aliphatic imine (C=N–C) groups is 1. The fraction of sp³-hybridized carbons (Fsp3) is 0.357. The van der Waals surface area contributed by atoms with Crippen LogP contribution in [-0.2, 0) is 4.74 Å². The molecular formula is C14H17ClN2OS. The van der Waals surface area contributed by atoms with Gasteiger partial charge in [-0.05, 0) is 30.7 Å². The molecule has 3 nitrogen and oxygen atoms in total. The average Bonchev–Trinajstić information content (AvgIpc) is 2.35. The minimum absolute atomic E-state index is 0.313. The molecule has 0 saturated carbocycles. The minimum Gasteiger partial charge on any atom is -0.358 e. The summed E-state index contributed by atoms with van der Waals surface area (Å²) >= 11 is 7.43. The molecule has 5 heteroatoms. The third-order valence-corrected chi connectivity index (χ3v) is 3.45. The van der Waals surface area contributed by atoms with Gasteiger partial charge in [0.05, 0.1) is 5.69 Å². The molecule has 0 bridgehead atoms. The Balaban J connectivity index is 2.80. The first-order valence-corrected chi connectivity index (χ1v) is 7.07. The fourth-order valence-electron chi connectivity index (χ4n) is 1.30. The predicted octanol–water partition coefficient (Wildman–Crippen LogP) is 3.54. The molecule has 0 aliphatic carbocycles. The van der Waals surface area contributed by atoms with Gasteiger partial charge in [0.1, 0.15) is 12.5 Å². The molecule has 0 aliphatic rings. The molecule has 0 unspecified atom stereocenters. The van der Waals surface area contributed by atoms with Gasteiger partial charge in [0.2, 0.25) is 0 Å². The van der Waals surface area contributed by atoms with Gasteiger partial charge in [-0.2, -0.15) is 0 Å². The zero-order valence-electron chi connectivity index (χ0n) is 11.3. The maximum Gasteiger partial charge on any atom is 0.166 e. The monoisotopic (exact) mass is 296 g/mol. The number of nitrogens with zero attached hydrogens (tertiary/aromatic N) is 2. The minimum atomic E-state index is 0.313. The Hall–Kier alpha value is -1.15. The molecule has 1 rings (SSSR count). The molecule has 102 valence electrons. The van der Waals surface area contributed by atoms with Crippen molar-refractivity contribution >= 4 is 34.2 Å². The smallest absolute Gasteiger partial charge is 0.166 e. The van der Waals surface area contributed by atoms with Gasteiger partial charge in [0, 0.05) is 19.1 Å². The average molecular weight is 297 g/mol. The Morgan fingerprint density at radius 1 is 1.53 bits per heavy atom. The second-order valence-electron chi connectivity index (χ2n) is 4.03. The van der Waals surface area contributed by atoms with Crippen LogP contribution in [0.1, 0.15) is 5.56 Å². The highest BCUT2D eigenvalue weighted by atomic mass is 35.5. The van der Waals surface area contributed by atoms with E-state index in [2.05, 4.69) is 10.9 Å². The lowest BCUT2D eigenvalue weighted by molar-refractivity contribution is 0.223. The number of hydrogen-bond donors (Lipinski definition) is 0. The molecule has 0 amide bonds. The molecular weight excluding hydrogens is 280 g/mol. The number of ether oxygens (including phenoxy) is 1. The third-order valence-electron chi connectivity index (χ3n) is 2.21. The quantitative estimate of drug-likeness (QED) is 0.279. The van der Waals surface area contributed by atoms with Crippen LogP contribution in [0.2, 0.25) is 5.02 Å². The van der Waals surface area contributed by atoms with Crippen LogP contribution in [0.5, 0.6) is 0 Å². The van der Waals surface area contributed by atoms with Crippen molar-refractivity contribution in [3.05, 3.63) is 28.8 Å². The van der Waals surface area contributed by atoms with Crippen LogP contribution < -0.4 is 0 Å². The molecule has 0 saturated heterocycles. The van der Waals surface area contributed by atoms with Gasteiger partial charge >= 0.3 is 0 Å². The highest BCUT2D eigenvalue weighted by Crippen LogP contribution is 2.24. The molecule has 0 aliphatic heterocycles. The lowest BCUT2D eigenvalue weighted by atomic mass is 10.2. The van der Waals surface area contributed by atoms with Crippen LogP contribution in [-0.4, -0.2) is 36.7 Å². The first kappa shape index (κ1) is 15.9. The van der Waals surface area contributed by atoms with Crippen LogP contribution in [0.15, 0.2) is 23.2 Å². The Labute approximate surface area is 124 Å². The molecule has 0 heterocycles. The Bertz CT molecular complexity index is 495. The standard InChI is InChI=1S/C14H17ClN2OS/c1-5-8-18-10-19-14(17(3)4)16-13-7-6-12(15)9-11(13)2/h1,6-7,9H,8,10H2,2-4H3. The fourth-order valence-corrected chi connectivity index (χ4v) is 2.22. The van der Waals surface area contributed by atoms with E-state index in [9.17, 15) is 0 Å². The van der Waals surface area contributed by atoms with E-state index in [0.717, 1.165) is 16.4 Å². The van der Waals surface area contributed by atoms with Crippen LogP contribution >= 0.6 is 23.4 Å². The number of terminal acetylenes is 1. The van der Waals surface area contributed by atoms with Crippen LogP contribution in [0.3, 0.4) is 0 Å². The number of amidine groups is 1. The van der Waals surface area contributed by atoms with E-state index in [1.165, 1.54) is 11.8 Å². The van der Waals surface area contributed by atoms with Gasteiger partial charge in [-0.15, -0.1) is 6.42 Å². The molecule has 0 fully saturated rings. The Kier molecular flexibility index (Phi) is 6.79. The zero-order chi connectivity index (χ0) is 14.3. The van der Waals surface area contributed by atoms with E-state index in [1.54, 1.807) is 0 Å². The number of halogens is 1. The number of rotatable bonds is 4. The van der Waals surface area contributed by atoms with Crippen molar-refractivity contribution in [3.63, 3.8) is 0 Å². The number of hydrogen-bond acceptors (Lipinski definition) is 3. The van der Waals surface area contributed by atoms with Crippen molar-refractivity contribution in [2.24, 2.45) is 4.99 Å². The molecule has 19 heavy (non-hydrogen) atoms. The van der Waals surface area contributed by atoms with Crippen molar-refractivity contribution in [1.29, 1.82) is 0 Å². The maximum absolute atomic E-state index is 5.93. The van der Waals surface area contributed by atoms with Crippen molar-refractivity contribution in [2.75, 3.05) is 26.6 Å². The maximum atomic E-state index is 5.93. The summed E-state index contributed by atoms with van der Waals surface area (Å²) in [6.07, 6.45) is 5.13. The van der Waals surface area contributed by atoms with Crippen molar-refractivity contribution < 1.29 is 4.74 Å². The summed E-state index contributed by atoms with van der Waals surface area (Å²) in [7, 11) is 3.89. The van der Waals surface area contributed by atoms with E-state index in [4.69, 9.17) is 22.8 Å². The number of aryl methyl sites for hydroxylation is 1. The first-order valence-electron chi connectivity index (χ1n) is 5.70. The summed E-state index contributed by atoms with van der Waals surface area (Å²) in [5.41, 5.74) is 1.94. The lowest BCUT2D eigenvalue weighted by Gasteiger charge is -2.15. The van der Waals surface area contributed by atoms with E-state index in [-0.39, 0.29) is 0 Å². The van der Waals surface area contributed by atoms with Crippen molar-refractivity contribution in [2.45, 2.75) is 6.92 Å². The summed E-state index contributed by atoms with van der Waals surface area (Å²) in [6.45, 7) is 2.30. The Morgan fingerprint density at radius 2 is 2.26 bits per heavy atom. The number of thioether (sulfide) groups is 1. The summed E-state index contributed by atoms with van der Waals surface area (Å²) < 4.78 is 5.25. The molecule has 0 N–H and O–H groups in total. The SMILES string of the molecule is C#CCOCSC(=Nc1ccc(Cl)cc1C)N(C)C. The van der Waals surface area contributed by atoms with E-state index < -0.39 is 0 Å². The zero-order valence-corrected chi connectivity index (χ0v) is 12.9. The highest BCUT2D eigenvalue weighted by molar-refractivity contribution is 8.13. The van der Waals surface area contributed by atoms with Gasteiger partial charge in [0.25, 0.3) is 0 Å². The van der Waals surface area contributed by atoms with E-state index >= 15 is 0 Å². The second kappa shape index (κ2) is 8.11. The van der Waals surface area contributed by atoms with Crippen LogP contribution in [0.4, 0.5) is 5.69 Å². The van der Waals surface area contributed by atoms with Gasteiger partial charge in [-0.1, -0.05) is 29.3 Å². The first-order chi connectivity index (χ1) is 9.04. The van der Waals surface area contributed by atoms with Gasteiger partial charge < -0.3 is 9.64 Å². The van der Waals surface area contributed by atoms with Crippen molar-refractivity contribution in [3.8, 4) is 12.3 Å². The van der Waals surface area contributed by atoms with Crippen LogP contribution in [0.25, 0.3) is 0 Å². The molecule has 0 spiro atoms.